The molecule has 0 bridgehead atoms. The molecule has 7 nitrogen and oxygen atoms in total. The third kappa shape index (κ3) is 5.43. The van der Waals surface area contributed by atoms with Crippen molar-refractivity contribution >= 4 is 11.8 Å². The van der Waals surface area contributed by atoms with E-state index >= 15 is 0 Å². The number of aliphatic imine (C=N–C) groups is 1. The van der Waals surface area contributed by atoms with Gasteiger partial charge in [0.1, 0.15) is 11.9 Å². The van der Waals surface area contributed by atoms with Gasteiger partial charge >= 0.3 is 0 Å². The van der Waals surface area contributed by atoms with Crippen molar-refractivity contribution < 1.29 is 9.47 Å². The Labute approximate surface area is 180 Å². The van der Waals surface area contributed by atoms with Gasteiger partial charge in [-0.05, 0) is 50.2 Å². The summed E-state index contributed by atoms with van der Waals surface area (Å²) in [6.45, 7) is 11.4. The Morgan fingerprint density at radius 1 is 1.13 bits per heavy atom. The molecule has 2 atom stereocenters. The quantitative estimate of drug-likeness (QED) is 0.589. The van der Waals surface area contributed by atoms with E-state index in [0.29, 0.717) is 6.54 Å². The third-order valence-electron chi connectivity index (χ3n) is 6.44. The summed E-state index contributed by atoms with van der Waals surface area (Å²) >= 11 is 0. The number of aromatic nitrogens is 1. The van der Waals surface area contributed by atoms with E-state index in [-0.39, 0.29) is 12.2 Å². The molecule has 2 unspecified atom stereocenters. The number of anilines is 1. The van der Waals surface area contributed by atoms with Crippen molar-refractivity contribution in [1.82, 2.24) is 15.2 Å². The van der Waals surface area contributed by atoms with Gasteiger partial charge in [-0.3, -0.25) is 0 Å². The van der Waals surface area contributed by atoms with Crippen molar-refractivity contribution in [3.63, 3.8) is 0 Å². The molecule has 1 N–H and O–H groups in total. The molecule has 166 valence electrons. The first-order valence-electron chi connectivity index (χ1n) is 11.7. The molecule has 3 aliphatic heterocycles. The molecule has 1 aromatic heterocycles. The second-order valence-corrected chi connectivity index (χ2v) is 8.77. The summed E-state index contributed by atoms with van der Waals surface area (Å²) in [4.78, 5) is 14.3. The van der Waals surface area contributed by atoms with Crippen molar-refractivity contribution in [2.24, 2.45) is 10.9 Å². The second kappa shape index (κ2) is 10.4. The molecule has 0 aliphatic carbocycles. The number of hydrogen-bond acceptors (Lipinski definition) is 5. The Morgan fingerprint density at radius 2 is 1.97 bits per heavy atom. The number of ether oxygens (including phenoxy) is 2. The second-order valence-electron chi connectivity index (χ2n) is 8.77. The first-order chi connectivity index (χ1) is 14.7. The predicted molar refractivity (Wildman–Crippen MR) is 120 cm³/mol. The van der Waals surface area contributed by atoms with Crippen LogP contribution in [-0.2, 0) is 16.0 Å². The third-order valence-corrected chi connectivity index (χ3v) is 6.44. The highest BCUT2D eigenvalue weighted by Gasteiger charge is 2.32. The maximum Gasteiger partial charge on any atom is 0.194 e. The van der Waals surface area contributed by atoms with Crippen molar-refractivity contribution in [3.05, 3.63) is 23.9 Å². The van der Waals surface area contributed by atoms with Crippen LogP contribution in [-0.4, -0.2) is 74.0 Å². The fourth-order valence-corrected chi connectivity index (χ4v) is 4.52. The van der Waals surface area contributed by atoms with E-state index in [4.69, 9.17) is 19.5 Å². The molecule has 1 aromatic rings. The normalized spacial score (nSPS) is 26.3. The van der Waals surface area contributed by atoms with E-state index < -0.39 is 0 Å². The van der Waals surface area contributed by atoms with Crippen LogP contribution in [0, 0.1) is 5.92 Å². The van der Waals surface area contributed by atoms with Gasteiger partial charge in [0, 0.05) is 45.5 Å². The summed E-state index contributed by atoms with van der Waals surface area (Å²) in [5, 5.41) is 3.45. The average molecular weight is 416 g/mol. The molecule has 3 fully saturated rings. The van der Waals surface area contributed by atoms with Crippen LogP contribution in [0.5, 0.6) is 0 Å². The minimum absolute atomic E-state index is 0.137. The monoisotopic (exact) mass is 415 g/mol. The van der Waals surface area contributed by atoms with Gasteiger partial charge in [-0.1, -0.05) is 13.0 Å². The van der Waals surface area contributed by atoms with Gasteiger partial charge in [0.25, 0.3) is 0 Å². The van der Waals surface area contributed by atoms with E-state index in [1.807, 2.05) is 6.20 Å². The minimum atomic E-state index is 0.137. The maximum absolute atomic E-state index is 6.00. The number of hydrogen-bond donors (Lipinski definition) is 1. The molecule has 4 rings (SSSR count). The van der Waals surface area contributed by atoms with E-state index in [9.17, 15) is 0 Å². The summed E-state index contributed by atoms with van der Waals surface area (Å²) in [6.07, 6.45) is 7.09. The molecule has 0 aromatic carbocycles. The van der Waals surface area contributed by atoms with Crippen LogP contribution in [0.2, 0.25) is 0 Å². The topological polar surface area (TPSA) is 62.2 Å². The zero-order chi connectivity index (χ0) is 20.8. The number of rotatable bonds is 5. The van der Waals surface area contributed by atoms with Gasteiger partial charge in [0.15, 0.2) is 5.96 Å². The van der Waals surface area contributed by atoms with Crippen molar-refractivity contribution in [2.45, 2.75) is 58.3 Å². The summed E-state index contributed by atoms with van der Waals surface area (Å²) < 4.78 is 11.8. The maximum atomic E-state index is 6.00. The number of morpholine rings is 1. The Kier molecular flexibility index (Phi) is 7.44. The lowest BCUT2D eigenvalue weighted by atomic mass is 9.99. The Bertz CT molecular complexity index is 681. The average Bonchev–Trinajstić information content (AvgIpc) is 3.33. The van der Waals surface area contributed by atoms with E-state index in [1.165, 1.54) is 12.8 Å². The van der Waals surface area contributed by atoms with Gasteiger partial charge in [0.2, 0.25) is 0 Å². The molecule has 0 radical (unpaired) electrons. The van der Waals surface area contributed by atoms with Crippen LogP contribution in [0.3, 0.4) is 0 Å². The van der Waals surface area contributed by atoms with Gasteiger partial charge in [-0.15, -0.1) is 0 Å². The van der Waals surface area contributed by atoms with Gasteiger partial charge in [-0.25, -0.2) is 9.98 Å². The first-order valence-corrected chi connectivity index (χ1v) is 11.7. The predicted octanol–water partition coefficient (Wildman–Crippen LogP) is 2.66. The summed E-state index contributed by atoms with van der Waals surface area (Å²) in [5.41, 5.74) is 1.14. The molecular formula is C23H37N5O2. The molecule has 0 saturated carbocycles. The highest BCUT2D eigenvalue weighted by atomic mass is 16.5. The van der Waals surface area contributed by atoms with E-state index in [2.05, 4.69) is 41.1 Å². The molecule has 7 heteroatoms. The van der Waals surface area contributed by atoms with Gasteiger partial charge < -0.3 is 24.6 Å². The standard InChI is InChI=1S/C23H37N5O2/c1-3-24-23(28-12-14-30-21(17-28)20-5-4-13-29-20)26-16-19-6-7-22(25-15-19)27-10-8-18(2)9-11-27/h6-7,15,18,20-21H,3-5,8-14,16-17H2,1-2H3,(H,24,26). The summed E-state index contributed by atoms with van der Waals surface area (Å²) in [5.74, 6) is 2.88. The van der Waals surface area contributed by atoms with Gasteiger partial charge in [-0.2, -0.15) is 0 Å². The fourth-order valence-electron chi connectivity index (χ4n) is 4.52. The van der Waals surface area contributed by atoms with Crippen LogP contribution in [0.1, 0.15) is 45.1 Å². The molecule has 3 aliphatic rings. The van der Waals surface area contributed by atoms with Crippen LogP contribution < -0.4 is 10.2 Å². The van der Waals surface area contributed by atoms with Crippen LogP contribution in [0.4, 0.5) is 5.82 Å². The highest BCUT2D eigenvalue weighted by molar-refractivity contribution is 5.80. The Balaban J connectivity index is 1.36. The molecule has 0 amide bonds. The van der Waals surface area contributed by atoms with Crippen molar-refractivity contribution in [3.8, 4) is 0 Å². The number of nitrogens with zero attached hydrogens (tertiary/aromatic N) is 4. The number of nitrogens with one attached hydrogen (secondary N) is 1. The summed E-state index contributed by atoms with van der Waals surface area (Å²) in [6, 6.07) is 4.32. The molecule has 3 saturated heterocycles. The minimum Gasteiger partial charge on any atom is -0.375 e. The largest absolute Gasteiger partial charge is 0.375 e. The molecule has 0 spiro atoms. The molecule has 4 heterocycles. The Hall–Kier alpha value is -1.86. The number of piperidine rings is 1. The lowest BCUT2D eigenvalue weighted by Gasteiger charge is -2.37. The van der Waals surface area contributed by atoms with Crippen LogP contribution in [0.15, 0.2) is 23.3 Å². The molecule has 30 heavy (non-hydrogen) atoms. The highest BCUT2D eigenvalue weighted by Crippen LogP contribution is 2.22. The smallest absolute Gasteiger partial charge is 0.194 e. The van der Waals surface area contributed by atoms with Gasteiger partial charge in [0.05, 0.1) is 19.3 Å². The van der Waals surface area contributed by atoms with E-state index in [1.54, 1.807) is 0 Å². The fraction of sp³-hybridized carbons (Fsp3) is 0.739. The number of guanidine groups is 1. The van der Waals surface area contributed by atoms with E-state index in [0.717, 1.165) is 82.0 Å². The lowest BCUT2D eigenvalue weighted by molar-refractivity contribution is -0.0817. The van der Waals surface area contributed by atoms with Crippen molar-refractivity contribution in [2.75, 3.05) is 50.8 Å². The molecular weight excluding hydrogens is 378 g/mol. The van der Waals surface area contributed by atoms with Crippen molar-refractivity contribution in [1.29, 1.82) is 0 Å². The number of pyridine rings is 1. The summed E-state index contributed by atoms with van der Waals surface area (Å²) in [7, 11) is 0. The zero-order valence-corrected chi connectivity index (χ0v) is 18.6. The lowest BCUT2D eigenvalue weighted by Crippen LogP contribution is -2.53. The first kappa shape index (κ1) is 21.4. The Morgan fingerprint density at radius 3 is 2.67 bits per heavy atom. The van der Waals surface area contributed by atoms with Crippen LogP contribution in [0.25, 0.3) is 0 Å². The zero-order valence-electron chi connectivity index (χ0n) is 18.6. The SMILES string of the molecule is CCNC(=NCc1ccc(N2CCC(C)CC2)nc1)N1CCOC(C2CCCO2)C1. The van der Waals surface area contributed by atoms with Crippen LogP contribution >= 0.6 is 0 Å².